The Morgan fingerprint density at radius 1 is 0.862 bits per heavy atom. The van der Waals surface area contributed by atoms with Crippen molar-refractivity contribution in [2.45, 2.75) is 26.2 Å². The summed E-state index contributed by atoms with van der Waals surface area (Å²) in [6.07, 6.45) is 1.78. The molecule has 0 aliphatic carbocycles. The van der Waals surface area contributed by atoms with E-state index in [1.807, 2.05) is 36.4 Å². The number of methoxy groups -OCH3 is 1. The Morgan fingerprint density at radius 2 is 1.59 bits per heavy atom. The standard InChI is InChI=1S/C25H24ClNO2/c1-25(2,3)17-12-14-18(15-13-17)27(20-9-7-11-23(28-4)24(20)26)21-16-29-22-10-6-5-8-19(21)22/h5-16H,1-4H3. The molecule has 148 valence electrons. The van der Waals surface area contributed by atoms with Crippen LogP contribution in [0.4, 0.5) is 17.1 Å². The van der Waals surface area contributed by atoms with Crippen LogP contribution in [0.5, 0.6) is 5.75 Å². The molecule has 3 aromatic carbocycles. The zero-order chi connectivity index (χ0) is 20.6. The molecule has 0 aliphatic rings. The first kappa shape index (κ1) is 19.4. The maximum absolute atomic E-state index is 6.73. The van der Waals surface area contributed by atoms with Gasteiger partial charge in [-0.25, -0.2) is 0 Å². The number of hydrogen-bond donors (Lipinski definition) is 0. The second-order valence-electron chi connectivity index (χ2n) is 8.04. The molecule has 0 fully saturated rings. The van der Waals surface area contributed by atoms with E-state index in [-0.39, 0.29) is 5.41 Å². The highest BCUT2D eigenvalue weighted by molar-refractivity contribution is 6.35. The van der Waals surface area contributed by atoms with Crippen LogP contribution in [-0.2, 0) is 5.41 Å². The first-order chi connectivity index (χ1) is 13.9. The molecule has 4 aromatic rings. The summed E-state index contributed by atoms with van der Waals surface area (Å²) in [5, 5.41) is 1.58. The molecule has 4 rings (SSSR count). The highest BCUT2D eigenvalue weighted by Gasteiger charge is 2.22. The van der Waals surface area contributed by atoms with Gasteiger partial charge in [0.2, 0.25) is 0 Å². The Hall–Kier alpha value is -2.91. The number of benzene rings is 3. The van der Waals surface area contributed by atoms with Crippen LogP contribution in [0.1, 0.15) is 26.3 Å². The van der Waals surface area contributed by atoms with Crippen LogP contribution >= 0.6 is 11.6 Å². The molecule has 3 nitrogen and oxygen atoms in total. The fourth-order valence-electron chi connectivity index (χ4n) is 3.48. The summed E-state index contributed by atoms with van der Waals surface area (Å²) in [6.45, 7) is 6.63. The number of hydrogen-bond acceptors (Lipinski definition) is 3. The van der Waals surface area contributed by atoms with E-state index in [0.29, 0.717) is 10.8 Å². The fourth-order valence-corrected chi connectivity index (χ4v) is 3.77. The third kappa shape index (κ3) is 3.58. The van der Waals surface area contributed by atoms with Crippen molar-refractivity contribution < 1.29 is 9.15 Å². The number of para-hydroxylation sites is 1. The van der Waals surface area contributed by atoms with Gasteiger partial charge in [0.05, 0.1) is 18.5 Å². The molecule has 0 amide bonds. The Bertz CT molecular complexity index is 1140. The summed E-state index contributed by atoms with van der Waals surface area (Å²) in [7, 11) is 1.63. The summed E-state index contributed by atoms with van der Waals surface area (Å²) in [4.78, 5) is 2.11. The van der Waals surface area contributed by atoms with E-state index in [4.69, 9.17) is 20.8 Å². The van der Waals surface area contributed by atoms with Crippen LogP contribution in [0.2, 0.25) is 5.02 Å². The van der Waals surface area contributed by atoms with E-state index < -0.39 is 0 Å². The van der Waals surface area contributed by atoms with Gasteiger partial charge >= 0.3 is 0 Å². The number of furan rings is 1. The first-order valence-electron chi connectivity index (χ1n) is 9.59. The highest BCUT2D eigenvalue weighted by Crippen LogP contribution is 2.45. The van der Waals surface area contributed by atoms with Crippen molar-refractivity contribution in [3.63, 3.8) is 0 Å². The minimum absolute atomic E-state index is 0.0826. The Morgan fingerprint density at radius 3 is 2.28 bits per heavy atom. The maximum Gasteiger partial charge on any atom is 0.139 e. The zero-order valence-corrected chi connectivity index (χ0v) is 17.8. The van der Waals surface area contributed by atoms with Crippen LogP contribution in [0.25, 0.3) is 11.0 Å². The lowest BCUT2D eigenvalue weighted by molar-refractivity contribution is 0.415. The van der Waals surface area contributed by atoms with Crippen molar-refractivity contribution >= 4 is 39.6 Å². The predicted molar refractivity (Wildman–Crippen MR) is 121 cm³/mol. The number of anilines is 3. The summed E-state index contributed by atoms with van der Waals surface area (Å²) >= 11 is 6.73. The van der Waals surface area contributed by atoms with Crippen LogP contribution < -0.4 is 9.64 Å². The lowest BCUT2D eigenvalue weighted by Crippen LogP contribution is -2.13. The normalized spacial score (nSPS) is 11.6. The lowest BCUT2D eigenvalue weighted by atomic mass is 9.87. The Labute approximate surface area is 176 Å². The molecule has 1 aromatic heterocycles. The predicted octanol–water partition coefficient (Wildman–Crippen LogP) is 7.86. The molecule has 0 aliphatic heterocycles. The minimum Gasteiger partial charge on any atom is -0.495 e. The highest BCUT2D eigenvalue weighted by atomic mass is 35.5. The number of nitrogens with zero attached hydrogens (tertiary/aromatic N) is 1. The summed E-state index contributed by atoms with van der Waals surface area (Å²) in [6, 6.07) is 22.4. The van der Waals surface area contributed by atoms with Gasteiger partial charge in [-0.15, -0.1) is 0 Å². The average Bonchev–Trinajstić information content (AvgIpc) is 3.13. The molecule has 0 atom stereocenters. The third-order valence-corrected chi connectivity index (χ3v) is 5.48. The quantitative estimate of drug-likeness (QED) is 0.345. The van der Waals surface area contributed by atoms with Crippen LogP contribution in [0, 0.1) is 0 Å². The maximum atomic E-state index is 6.73. The first-order valence-corrected chi connectivity index (χ1v) is 9.97. The van der Waals surface area contributed by atoms with Gasteiger partial charge in [-0.2, -0.15) is 0 Å². The molecule has 0 unspecified atom stereocenters. The van der Waals surface area contributed by atoms with Gasteiger partial charge in [0, 0.05) is 11.1 Å². The van der Waals surface area contributed by atoms with E-state index in [0.717, 1.165) is 28.0 Å². The van der Waals surface area contributed by atoms with Gasteiger partial charge < -0.3 is 14.1 Å². The number of rotatable bonds is 4. The SMILES string of the molecule is COc1cccc(N(c2ccc(C(C)(C)C)cc2)c2coc3ccccc23)c1Cl. The van der Waals surface area contributed by atoms with Gasteiger partial charge in [-0.05, 0) is 47.4 Å². The summed E-state index contributed by atoms with van der Waals surface area (Å²) in [5.41, 5.74) is 4.95. The van der Waals surface area contributed by atoms with Crippen LogP contribution in [0.3, 0.4) is 0 Å². The van der Waals surface area contributed by atoms with E-state index >= 15 is 0 Å². The lowest BCUT2D eigenvalue weighted by Gasteiger charge is -2.27. The second kappa shape index (κ2) is 7.49. The van der Waals surface area contributed by atoms with Gasteiger partial charge in [-0.1, -0.05) is 62.7 Å². The molecular formula is C25H24ClNO2. The third-order valence-electron chi connectivity index (χ3n) is 5.10. The fraction of sp³-hybridized carbons (Fsp3) is 0.200. The van der Waals surface area contributed by atoms with E-state index in [1.165, 1.54) is 5.56 Å². The van der Waals surface area contributed by atoms with E-state index in [1.54, 1.807) is 13.4 Å². The molecule has 0 saturated heterocycles. The molecule has 0 saturated carbocycles. The van der Waals surface area contributed by atoms with Crippen LogP contribution in [0.15, 0.2) is 77.4 Å². The molecule has 1 heterocycles. The molecule has 4 heteroatoms. The van der Waals surface area contributed by atoms with Crippen molar-refractivity contribution in [1.82, 2.24) is 0 Å². The Kier molecular flexibility index (Phi) is 5.01. The monoisotopic (exact) mass is 405 g/mol. The number of ether oxygens (including phenoxy) is 1. The number of halogens is 1. The second-order valence-corrected chi connectivity index (χ2v) is 8.42. The van der Waals surface area contributed by atoms with Crippen molar-refractivity contribution in [3.05, 3.63) is 83.6 Å². The average molecular weight is 406 g/mol. The molecule has 0 radical (unpaired) electrons. The van der Waals surface area contributed by atoms with Gasteiger partial charge in [0.15, 0.2) is 0 Å². The van der Waals surface area contributed by atoms with Crippen LogP contribution in [-0.4, -0.2) is 7.11 Å². The van der Waals surface area contributed by atoms with Gasteiger partial charge in [0.1, 0.15) is 22.6 Å². The molecule has 0 spiro atoms. The molecule has 29 heavy (non-hydrogen) atoms. The molecule has 0 bridgehead atoms. The van der Waals surface area contributed by atoms with Crippen molar-refractivity contribution in [2.75, 3.05) is 12.0 Å². The smallest absolute Gasteiger partial charge is 0.139 e. The number of fused-ring (bicyclic) bond motifs is 1. The van der Waals surface area contributed by atoms with Crippen molar-refractivity contribution in [2.24, 2.45) is 0 Å². The van der Waals surface area contributed by atoms with Crippen molar-refractivity contribution in [1.29, 1.82) is 0 Å². The zero-order valence-electron chi connectivity index (χ0n) is 17.1. The molecule has 0 N–H and O–H groups in total. The summed E-state index contributed by atoms with van der Waals surface area (Å²) in [5.74, 6) is 0.633. The van der Waals surface area contributed by atoms with Gasteiger partial charge in [0.25, 0.3) is 0 Å². The van der Waals surface area contributed by atoms with E-state index in [2.05, 4.69) is 56.0 Å². The minimum atomic E-state index is 0.0826. The van der Waals surface area contributed by atoms with Crippen molar-refractivity contribution in [3.8, 4) is 5.75 Å². The van der Waals surface area contributed by atoms with E-state index in [9.17, 15) is 0 Å². The Balaban J connectivity index is 1.93. The topological polar surface area (TPSA) is 25.6 Å². The molecular weight excluding hydrogens is 382 g/mol. The largest absolute Gasteiger partial charge is 0.495 e. The summed E-state index contributed by atoms with van der Waals surface area (Å²) < 4.78 is 11.3. The van der Waals surface area contributed by atoms with Gasteiger partial charge in [-0.3, -0.25) is 0 Å².